The maximum absolute atomic E-state index is 11.8. The predicted molar refractivity (Wildman–Crippen MR) is 59.1 cm³/mol. The van der Waals surface area contributed by atoms with E-state index >= 15 is 0 Å². The molecule has 1 saturated heterocycles. The third-order valence-corrected chi connectivity index (χ3v) is 2.88. The first-order chi connectivity index (χ1) is 7.25. The Morgan fingerprint density at radius 3 is 2.73 bits per heavy atom. The number of rotatable bonds is 3. The van der Waals surface area contributed by atoms with Crippen LogP contribution in [0.1, 0.15) is 10.4 Å². The van der Waals surface area contributed by atoms with Crippen LogP contribution in [-0.4, -0.2) is 60.3 Å². The number of likely N-dealkylation sites (N-methyl/N-ethyl adjacent to an activating group) is 1. The van der Waals surface area contributed by atoms with Gasteiger partial charge >= 0.3 is 0 Å². The molecule has 2 rings (SSSR count). The first kappa shape index (κ1) is 10.4. The van der Waals surface area contributed by atoms with Crippen LogP contribution >= 0.6 is 0 Å². The highest BCUT2D eigenvalue weighted by Crippen LogP contribution is 2.03. The van der Waals surface area contributed by atoms with Gasteiger partial charge in [0.2, 0.25) is 0 Å². The summed E-state index contributed by atoms with van der Waals surface area (Å²) in [4.78, 5) is 19.2. The van der Waals surface area contributed by atoms with Gasteiger partial charge in [-0.15, -0.1) is 0 Å². The minimum absolute atomic E-state index is 0.209. The van der Waals surface area contributed by atoms with Gasteiger partial charge in [0.1, 0.15) is 0 Å². The zero-order valence-electron chi connectivity index (χ0n) is 9.07. The van der Waals surface area contributed by atoms with E-state index in [0.717, 1.165) is 31.7 Å². The van der Waals surface area contributed by atoms with Gasteiger partial charge in [0.25, 0.3) is 0 Å². The molecule has 0 atom stereocenters. The van der Waals surface area contributed by atoms with Gasteiger partial charge in [-0.2, -0.15) is 0 Å². The Hall–Kier alpha value is -1.13. The number of hydrogen-bond acceptors (Lipinski definition) is 3. The number of nitrogens with one attached hydrogen (secondary N) is 1. The van der Waals surface area contributed by atoms with Gasteiger partial charge in [0.05, 0.1) is 6.54 Å². The summed E-state index contributed by atoms with van der Waals surface area (Å²) in [5, 5.41) is 0. The van der Waals surface area contributed by atoms with E-state index in [1.54, 1.807) is 12.4 Å². The van der Waals surface area contributed by atoms with Gasteiger partial charge in [0, 0.05) is 44.1 Å². The van der Waals surface area contributed by atoms with Crippen LogP contribution in [0.3, 0.4) is 0 Å². The molecule has 0 bridgehead atoms. The number of carbonyl (C=O) groups excluding carboxylic acids is 1. The standard InChI is InChI=1S/C11H17N3O/c1-13-4-6-14(7-5-13)9-11(15)10-2-3-12-8-10/h2-3,8,12H,4-7,9H2,1H3. The second kappa shape index (κ2) is 4.59. The van der Waals surface area contributed by atoms with Gasteiger partial charge in [0.15, 0.2) is 5.78 Å². The van der Waals surface area contributed by atoms with E-state index in [2.05, 4.69) is 21.8 Å². The fraction of sp³-hybridized carbons (Fsp3) is 0.545. The molecule has 0 amide bonds. The summed E-state index contributed by atoms with van der Waals surface area (Å²) >= 11 is 0. The van der Waals surface area contributed by atoms with E-state index in [1.807, 2.05) is 6.07 Å². The average Bonchev–Trinajstić information content (AvgIpc) is 2.74. The number of ketones is 1. The van der Waals surface area contributed by atoms with E-state index in [1.165, 1.54) is 0 Å². The highest BCUT2D eigenvalue weighted by molar-refractivity contribution is 5.97. The van der Waals surface area contributed by atoms with Crippen molar-refractivity contribution in [3.05, 3.63) is 24.0 Å². The summed E-state index contributed by atoms with van der Waals surface area (Å²) in [5.41, 5.74) is 0.786. The van der Waals surface area contributed by atoms with Crippen molar-refractivity contribution in [1.82, 2.24) is 14.8 Å². The Morgan fingerprint density at radius 2 is 2.13 bits per heavy atom. The van der Waals surface area contributed by atoms with Gasteiger partial charge in [-0.3, -0.25) is 9.69 Å². The predicted octanol–water partition coefficient (Wildman–Crippen LogP) is 0.445. The number of nitrogens with zero attached hydrogens (tertiary/aromatic N) is 2. The van der Waals surface area contributed by atoms with E-state index < -0.39 is 0 Å². The lowest BCUT2D eigenvalue weighted by Crippen LogP contribution is -2.46. The Labute approximate surface area is 89.9 Å². The highest BCUT2D eigenvalue weighted by Gasteiger charge is 2.17. The molecule has 1 aromatic rings. The molecule has 0 unspecified atom stereocenters. The zero-order valence-corrected chi connectivity index (χ0v) is 9.07. The Morgan fingerprint density at radius 1 is 1.40 bits per heavy atom. The van der Waals surface area contributed by atoms with E-state index in [-0.39, 0.29) is 5.78 Å². The lowest BCUT2D eigenvalue weighted by atomic mass is 10.2. The molecule has 1 aromatic heterocycles. The fourth-order valence-corrected chi connectivity index (χ4v) is 1.80. The van der Waals surface area contributed by atoms with Crippen LogP contribution in [0, 0.1) is 0 Å². The largest absolute Gasteiger partial charge is 0.367 e. The number of aromatic nitrogens is 1. The second-order valence-electron chi connectivity index (χ2n) is 4.10. The van der Waals surface area contributed by atoms with Crippen molar-refractivity contribution in [1.29, 1.82) is 0 Å². The maximum Gasteiger partial charge on any atom is 0.178 e. The second-order valence-corrected chi connectivity index (χ2v) is 4.10. The molecule has 0 aliphatic carbocycles. The summed E-state index contributed by atoms with van der Waals surface area (Å²) in [5.74, 6) is 0.209. The molecule has 0 spiro atoms. The molecular formula is C11H17N3O. The van der Waals surface area contributed by atoms with Crippen molar-refractivity contribution in [3.8, 4) is 0 Å². The van der Waals surface area contributed by atoms with Gasteiger partial charge in [-0.05, 0) is 13.1 Å². The molecule has 0 aromatic carbocycles. The van der Waals surface area contributed by atoms with Gasteiger partial charge in [-0.1, -0.05) is 0 Å². The molecular weight excluding hydrogens is 190 g/mol. The Bertz CT molecular complexity index is 313. The average molecular weight is 207 g/mol. The number of hydrogen-bond donors (Lipinski definition) is 1. The van der Waals surface area contributed by atoms with E-state index in [9.17, 15) is 4.79 Å². The van der Waals surface area contributed by atoms with Crippen molar-refractivity contribution in [2.24, 2.45) is 0 Å². The monoisotopic (exact) mass is 207 g/mol. The molecule has 1 N–H and O–H groups in total. The quantitative estimate of drug-likeness (QED) is 0.731. The van der Waals surface area contributed by atoms with Crippen molar-refractivity contribution in [2.75, 3.05) is 39.8 Å². The summed E-state index contributed by atoms with van der Waals surface area (Å²) in [7, 11) is 2.12. The molecule has 0 saturated carbocycles. The minimum atomic E-state index is 0.209. The summed E-state index contributed by atoms with van der Waals surface area (Å²) in [6.07, 6.45) is 3.55. The molecule has 4 nitrogen and oxygen atoms in total. The molecule has 1 fully saturated rings. The topological polar surface area (TPSA) is 39.3 Å². The Balaban J connectivity index is 1.85. The molecule has 0 radical (unpaired) electrons. The molecule has 82 valence electrons. The summed E-state index contributed by atoms with van der Waals surface area (Å²) in [6, 6.07) is 1.83. The van der Waals surface area contributed by atoms with Crippen LogP contribution in [0.5, 0.6) is 0 Å². The lowest BCUT2D eigenvalue weighted by molar-refractivity contribution is 0.0876. The summed E-state index contributed by atoms with van der Waals surface area (Å²) < 4.78 is 0. The third-order valence-electron chi connectivity index (χ3n) is 2.88. The maximum atomic E-state index is 11.8. The molecule has 1 aliphatic rings. The van der Waals surface area contributed by atoms with Crippen molar-refractivity contribution < 1.29 is 4.79 Å². The van der Waals surface area contributed by atoms with E-state index in [0.29, 0.717) is 6.54 Å². The third kappa shape index (κ3) is 2.67. The van der Waals surface area contributed by atoms with Gasteiger partial charge in [-0.25, -0.2) is 0 Å². The normalized spacial score (nSPS) is 19.3. The SMILES string of the molecule is CN1CCN(CC(=O)c2cc[nH]c2)CC1. The first-order valence-corrected chi connectivity index (χ1v) is 5.32. The smallest absolute Gasteiger partial charge is 0.178 e. The molecule has 2 heterocycles. The number of carbonyl (C=O) groups is 1. The number of piperazine rings is 1. The highest BCUT2D eigenvalue weighted by atomic mass is 16.1. The van der Waals surface area contributed by atoms with Crippen molar-refractivity contribution >= 4 is 5.78 Å². The molecule has 1 aliphatic heterocycles. The fourth-order valence-electron chi connectivity index (χ4n) is 1.80. The molecule has 15 heavy (non-hydrogen) atoms. The number of Topliss-reactive ketones (excluding diaryl/α,β-unsaturated/α-hetero) is 1. The van der Waals surface area contributed by atoms with Crippen LogP contribution in [0.4, 0.5) is 0 Å². The first-order valence-electron chi connectivity index (χ1n) is 5.32. The van der Waals surface area contributed by atoms with Crippen LogP contribution in [0.2, 0.25) is 0 Å². The number of aromatic amines is 1. The van der Waals surface area contributed by atoms with Crippen molar-refractivity contribution in [3.63, 3.8) is 0 Å². The molecule has 4 heteroatoms. The summed E-state index contributed by atoms with van der Waals surface area (Å²) in [6.45, 7) is 4.64. The van der Waals surface area contributed by atoms with Crippen LogP contribution in [0.15, 0.2) is 18.5 Å². The minimum Gasteiger partial charge on any atom is -0.367 e. The number of H-pyrrole nitrogens is 1. The van der Waals surface area contributed by atoms with Crippen molar-refractivity contribution in [2.45, 2.75) is 0 Å². The van der Waals surface area contributed by atoms with Gasteiger partial charge < -0.3 is 9.88 Å². The van der Waals surface area contributed by atoms with Crippen LogP contribution in [0.25, 0.3) is 0 Å². The van der Waals surface area contributed by atoms with E-state index in [4.69, 9.17) is 0 Å². The zero-order chi connectivity index (χ0) is 10.7. The lowest BCUT2D eigenvalue weighted by Gasteiger charge is -2.31. The van der Waals surface area contributed by atoms with Crippen LogP contribution < -0.4 is 0 Å². The Kier molecular flexibility index (Phi) is 3.18. The van der Waals surface area contributed by atoms with Crippen LogP contribution in [-0.2, 0) is 0 Å².